The molecule has 2 aromatic carbocycles. The number of ether oxygens (including phenoxy) is 1. The maximum Gasteiger partial charge on any atom is 0.300 e. The number of aliphatic hydroxyl groups excluding tert-OH is 1. The van der Waals surface area contributed by atoms with Gasteiger partial charge in [0.2, 0.25) is 0 Å². The number of amides is 1. The predicted octanol–water partition coefficient (Wildman–Crippen LogP) is 4.64. The van der Waals surface area contributed by atoms with Gasteiger partial charge in [0.05, 0.1) is 18.2 Å². The van der Waals surface area contributed by atoms with Crippen molar-refractivity contribution in [2.45, 2.75) is 13.0 Å². The number of rotatable bonds is 4. The fourth-order valence-electron chi connectivity index (χ4n) is 3.61. The van der Waals surface area contributed by atoms with E-state index in [-0.39, 0.29) is 22.8 Å². The van der Waals surface area contributed by atoms with Crippen molar-refractivity contribution >= 4 is 23.1 Å². The van der Waals surface area contributed by atoms with Crippen molar-refractivity contribution in [3.05, 3.63) is 88.6 Å². The van der Waals surface area contributed by atoms with Gasteiger partial charge in [0, 0.05) is 11.8 Å². The van der Waals surface area contributed by atoms with Gasteiger partial charge in [-0.2, -0.15) is 0 Å². The molecular weight excluding hydrogens is 427 g/mol. The van der Waals surface area contributed by atoms with Gasteiger partial charge in [-0.15, -0.1) is 0 Å². The maximum atomic E-state index is 13.9. The summed E-state index contributed by atoms with van der Waals surface area (Å²) in [6.45, 7) is 1.63. The predicted molar refractivity (Wildman–Crippen MR) is 108 cm³/mol. The lowest BCUT2D eigenvalue weighted by Crippen LogP contribution is -2.29. The maximum absolute atomic E-state index is 13.9. The number of anilines is 1. The van der Waals surface area contributed by atoms with Gasteiger partial charge in [-0.3, -0.25) is 14.5 Å². The smallest absolute Gasteiger partial charge is 0.300 e. The third kappa shape index (κ3) is 3.41. The summed E-state index contributed by atoms with van der Waals surface area (Å²) in [6.07, 6.45) is 0. The van der Waals surface area contributed by atoms with Crippen LogP contribution >= 0.6 is 0 Å². The zero-order chi connectivity index (χ0) is 23.2. The van der Waals surface area contributed by atoms with Crippen LogP contribution in [0.1, 0.15) is 23.1 Å². The van der Waals surface area contributed by atoms with Crippen LogP contribution in [0.5, 0.6) is 5.75 Å². The highest BCUT2D eigenvalue weighted by molar-refractivity contribution is 6.51. The number of hydrogen-bond acceptors (Lipinski definition) is 5. The van der Waals surface area contributed by atoms with Crippen LogP contribution in [0.3, 0.4) is 0 Å². The minimum absolute atomic E-state index is 0.0531. The van der Waals surface area contributed by atoms with Crippen LogP contribution < -0.4 is 9.64 Å². The number of carbonyl (C=O) groups excluding carboxylic acids is 2. The molecule has 1 N–H and O–H groups in total. The molecule has 4 rings (SSSR count). The van der Waals surface area contributed by atoms with Crippen LogP contribution in [-0.4, -0.2) is 23.9 Å². The zero-order valence-electron chi connectivity index (χ0n) is 16.9. The zero-order valence-corrected chi connectivity index (χ0v) is 16.9. The van der Waals surface area contributed by atoms with Crippen molar-refractivity contribution in [3.63, 3.8) is 0 Å². The van der Waals surface area contributed by atoms with Crippen LogP contribution in [0.25, 0.3) is 5.76 Å². The molecule has 1 amide bonds. The van der Waals surface area contributed by atoms with Gasteiger partial charge in [-0.05, 0) is 49.4 Å². The average Bonchev–Trinajstić information content (AvgIpc) is 3.30. The molecule has 3 aromatic rings. The molecular formula is C23H16F3NO5. The molecule has 9 heteroatoms. The van der Waals surface area contributed by atoms with E-state index in [1.807, 2.05) is 0 Å². The van der Waals surface area contributed by atoms with Crippen molar-refractivity contribution in [2.24, 2.45) is 0 Å². The quantitative estimate of drug-likeness (QED) is 0.361. The number of halogens is 3. The van der Waals surface area contributed by atoms with Crippen LogP contribution in [0.2, 0.25) is 0 Å². The molecule has 1 aromatic heterocycles. The molecule has 6 nitrogen and oxygen atoms in total. The molecule has 2 heterocycles. The summed E-state index contributed by atoms with van der Waals surface area (Å²) in [5, 5.41) is 11.0. The Kier molecular flexibility index (Phi) is 5.25. The Morgan fingerprint density at radius 3 is 2.41 bits per heavy atom. The molecule has 0 aliphatic carbocycles. The summed E-state index contributed by atoms with van der Waals surface area (Å²) in [5.41, 5.74) is -0.711. The van der Waals surface area contributed by atoms with E-state index in [1.54, 1.807) is 13.0 Å². The lowest BCUT2D eigenvalue weighted by molar-refractivity contribution is -0.132. The lowest BCUT2D eigenvalue weighted by Gasteiger charge is -2.23. The molecule has 1 atom stereocenters. The van der Waals surface area contributed by atoms with E-state index in [1.165, 1.54) is 19.2 Å². The number of nitrogens with zero attached hydrogens (tertiary/aromatic N) is 1. The van der Waals surface area contributed by atoms with Crippen LogP contribution in [0.15, 0.2) is 58.5 Å². The van der Waals surface area contributed by atoms with Crippen molar-refractivity contribution in [3.8, 4) is 5.75 Å². The summed E-state index contributed by atoms with van der Waals surface area (Å²) in [5.74, 6) is -5.42. The van der Waals surface area contributed by atoms with Crippen LogP contribution in [0.4, 0.5) is 18.9 Å². The molecule has 1 fully saturated rings. The van der Waals surface area contributed by atoms with Crippen molar-refractivity contribution in [1.29, 1.82) is 0 Å². The average molecular weight is 443 g/mol. The number of hydrogen-bond donors (Lipinski definition) is 1. The number of Topliss-reactive ketones (excluding diaryl/α,β-unsaturated/α-hetero) is 1. The van der Waals surface area contributed by atoms with E-state index in [0.717, 1.165) is 35.2 Å². The number of aliphatic hydroxyl groups is 1. The summed E-state index contributed by atoms with van der Waals surface area (Å²) < 4.78 is 52.0. The first-order valence-electron chi connectivity index (χ1n) is 9.39. The number of aryl methyl sites for hydroxylation is 1. The third-order valence-corrected chi connectivity index (χ3v) is 5.07. The van der Waals surface area contributed by atoms with Crippen LogP contribution in [-0.2, 0) is 9.59 Å². The van der Waals surface area contributed by atoms with Crippen LogP contribution in [0, 0.1) is 24.4 Å². The highest BCUT2D eigenvalue weighted by Crippen LogP contribution is 2.44. The van der Waals surface area contributed by atoms with Gasteiger partial charge in [0.1, 0.15) is 34.9 Å². The molecule has 0 radical (unpaired) electrons. The van der Waals surface area contributed by atoms with E-state index in [4.69, 9.17) is 9.15 Å². The number of ketones is 1. The highest BCUT2D eigenvalue weighted by Gasteiger charge is 2.48. The van der Waals surface area contributed by atoms with Gasteiger partial charge in [-0.25, -0.2) is 13.2 Å². The van der Waals surface area contributed by atoms with Gasteiger partial charge in [0.25, 0.3) is 11.7 Å². The Morgan fingerprint density at radius 1 is 1.03 bits per heavy atom. The Hall–Kier alpha value is -4.01. The Morgan fingerprint density at radius 2 is 1.78 bits per heavy atom. The molecule has 1 aliphatic rings. The minimum Gasteiger partial charge on any atom is -0.507 e. The molecule has 1 saturated heterocycles. The van der Waals surface area contributed by atoms with E-state index < -0.39 is 46.5 Å². The third-order valence-electron chi connectivity index (χ3n) is 5.07. The van der Waals surface area contributed by atoms with E-state index in [0.29, 0.717) is 5.76 Å². The lowest BCUT2D eigenvalue weighted by atomic mass is 9.98. The Balaban J connectivity index is 1.98. The largest absolute Gasteiger partial charge is 0.507 e. The van der Waals surface area contributed by atoms with Crippen molar-refractivity contribution in [2.75, 3.05) is 12.0 Å². The molecule has 0 spiro atoms. The topological polar surface area (TPSA) is 80.0 Å². The summed E-state index contributed by atoms with van der Waals surface area (Å²) >= 11 is 0. The number of furan rings is 1. The molecule has 0 saturated carbocycles. The molecule has 1 aliphatic heterocycles. The van der Waals surface area contributed by atoms with Crippen molar-refractivity contribution in [1.82, 2.24) is 0 Å². The number of carbonyl (C=O) groups is 2. The molecule has 164 valence electrons. The van der Waals surface area contributed by atoms with E-state index in [2.05, 4.69) is 0 Å². The fraction of sp³-hybridized carbons (Fsp3) is 0.130. The second kappa shape index (κ2) is 7.92. The molecule has 32 heavy (non-hydrogen) atoms. The molecule has 1 unspecified atom stereocenters. The van der Waals surface area contributed by atoms with E-state index in [9.17, 15) is 27.9 Å². The summed E-state index contributed by atoms with van der Waals surface area (Å²) in [6, 6.07) is 7.72. The summed E-state index contributed by atoms with van der Waals surface area (Å²) in [4.78, 5) is 26.8. The first-order chi connectivity index (χ1) is 15.2. The minimum atomic E-state index is -1.32. The van der Waals surface area contributed by atoms with Gasteiger partial charge < -0.3 is 14.3 Å². The first-order valence-corrected chi connectivity index (χ1v) is 9.39. The Labute approximate surface area is 180 Å². The highest BCUT2D eigenvalue weighted by atomic mass is 19.2. The number of benzene rings is 2. The standard InChI is InChI=1S/C23H16F3NO5/c1-11-3-7-18(32-11)20-19(21(28)14-9-12(24)4-8-17(14)31-2)22(29)23(30)27(20)13-5-6-15(25)16(26)10-13/h3-10,20,28H,1-2H3/b21-19-. The van der Waals surface area contributed by atoms with E-state index >= 15 is 0 Å². The van der Waals surface area contributed by atoms with Gasteiger partial charge in [-0.1, -0.05) is 0 Å². The monoisotopic (exact) mass is 443 g/mol. The van der Waals surface area contributed by atoms with Gasteiger partial charge >= 0.3 is 0 Å². The normalized spacial score (nSPS) is 17.8. The van der Waals surface area contributed by atoms with Crippen molar-refractivity contribution < 1.29 is 37.0 Å². The van der Waals surface area contributed by atoms with Gasteiger partial charge in [0.15, 0.2) is 11.6 Å². The second-order valence-corrected chi connectivity index (χ2v) is 7.06. The summed E-state index contributed by atoms with van der Waals surface area (Å²) in [7, 11) is 1.29. The number of methoxy groups -OCH3 is 1. The molecule has 0 bridgehead atoms. The first kappa shape index (κ1) is 21.2. The SMILES string of the molecule is COc1ccc(F)cc1/C(O)=C1/C(=O)C(=O)N(c2ccc(F)c(F)c2)C1c1ccc(C)o1. The Bertz CT molecular complexity index is 1280. The second-order valence-electron chi connectivity index (χ2n) is 7.06. The fourth-order valence-corrected chi connectivity index (χ4v) is 3.61.